The van der Waals surface area contributed by atoms with Crippen molar-refractivity contribution >= 4 is 5.78 Å². The van der Waals surface area contributed by atoms with Gasteiger partial charge in [0.1, 0.15) is 0 Å². The van der Waals surface area contributed by atoms with Crippen molar-refractivity contribution in [3.05, 3.63) is 29.6 Å². The molecule has 0 aromatic carbocycles. The first-order valence-electron chi connectivity index (χ1n) is 3.91. The van der Waals surface area contributed by atoms with E-state index in [-0.39, 0.29) is 18.3 Å². The Balaban J connectivity index is 2.50. The molecule has 12 heavy (non-hydrogen) atoms. The molecule has 1 aromatic heterocycles. The number of nitrogens with zero attached hydrogens (tertiary/aromatic N) is 1. The number of aliphatic hydroxyl groups is 1. The van der Waals surface area contributed by atoms with Gasteiger partial charge in [-0.1, -0.05) is 0 Å². The van der Waals surface area contributed by atoms with Crippen molar-refractivity contribution in [2.45, 2.75) is 12.3 Å². The van der Waals surface area contributed by atoms with Crippen LogP contribution in [0.4, 0.5) is 0 Å². The molecule has 1 aliphatic rings. The molecule has 0 radical (unpaired) electrons. The lowest BCUT2D eigenvalue weighted by molar-refractivity contribution is 0.0980. The highest BCUT2D eigenvalue weighted by Crippen LogP contribution is 2.31. The summed E-state index contributed by atoms with van der Waals surface area (Å²) in [6.45, 7) is 0.0322. The normalized spacial score (nSPS) is 21.1. The molecule has 0 amide bonds. The molecule has 0 unspecified atom stereocenters. The fraction of sp³-hybridized carbons (Fsp3) is 0.333. The minimum atomic E-state index is -0.0267. The molecular formula is C9H9NO2. The average molecular weight is 163 g/mol. The van der Waals surface area contributed by atoms with Gasteiger partial charge in [-0.05, 0) is 11.6 Å². The van der Waals surface area contributed by atoms with Gasteiger partial charge in [-0.2, -0.15) is 0 Å². The third kappa shape index (κ3) is 0.940. The number of pyridine rings is 1. The Morgan fingerprint density at radius 2 is 2.50 bits per heavy atom. The molecule has 1 heterocycles. The third-order valence-electron chi connectivity index (χ3n) is 2.24. The fourth-order valence-electron chi connectivity index (χ4n) is 1.59. The molecule has 0 aliphatic heterocycles. The van der Waals surface area contributed by atoms with Crippen LogP contribution in [0.3, 0.4) is 0 Å². The first kappa shape index (κ1) is 7.43. The molecule has 0 fully saturated rings. The molecule has 2 rings (SSSR count). The smallest absolute Gasteiger partial charge is 0.163 e. The Labute approximate surface area is 70.1 Å². The second-order valence-corrected chi connectivity index (χ2v) is 2.97. The Hall–Kier alpha value is -1.22. The zero-order valence-corrected chi connectivity index (χ0v) is 6.53. The highest BCUT2D eigenvalue weighted by atomic mass is 16.3. The highest BCUT2D eigenvalue weighted by molar-refractivity contribution is 6.01. The van der Waals surface area contributed by atoms with Crippen LogP contribution in [-0.4, -0.2) is 22.5 Å². The summed E-state index contributed by atoms with van der Waals surface area (Å²) < 4.78 is 0. The topological polar surface area (TPSA) is 50.2 Å². The van der Waals surface area contributed by atoms with E-state index >= 15 is 0 Å². The number of aromatic nitrogens is 1. The molecule has 1 atom stereocenters. The summed E-state index contributed by atoms with van der Waals surface area (Å²) in [5.41, 5.74) is 1.62. The van der Waals surface area contributed by atoms with Gasteiger partial charge in [0.15, 0.2) is 5.78 Å². The zero-order chi connectivity index (χ0) is 8.55. The van der Waals surface area contributed by atoms with Crippen LogP contribution in [0.15, 0.2) is 18.5 Å². The van der Waals surface area contributed by atoms with Crippen molar-refractivity contribution in [3.8, 4) is 0 Å². The van der Waals surface area contributed by atoms with Crippen molar-refractivity contribution in [2.24, 2.45) is 0 Å². The second kappa shape index (κ2) is 2.68. The number of aliphatic hydroxyl groups excluding tert-OH is 1. The molecule has 0 spiro atoms. The fourth-order valence-corrected chi connectivity index (χ4v) is 1.59. The van der Waals surface area contributed by atoms with Crippen molar-refractivity contribution in [1.82, 2.24) is 4.98 Å². The average Bonchev–Trinajstić information content (AvgIpc) is 2.44. The molecule has 62 valence electrons. The minimum absolute atomic E-state index is 0.0267. The number of Topliss-reactive ketones (excluding diaryl/α,β-unsaturated/α-hetero) is 1. The van der Waals surface area contributed by atoms with E-state index in [0.717, 1.165) is 11.1 Å². The number of carbonyl (C=O) groups is 1. The van der Waals surface area contributed by atoms with Gasteiger partial charge in [0.25, 0.3) is 0 Å². The van der Waals surface area contributed by atoms with E-state index in [4.69, 9.17) is 5.11 Å². The Bertz CT molecular complexity index is 322. The predicted molar refractivity (Wildman–Crippen MR) is 43.0 cm³/mol. The Morgan fingerprint density at radius 1 is 1.67 bits per heavy atom. The maximum atomic E-state index is 11.3. The molecule has 3 heteroatoms. The molecule has 3 nitrogen and oxygen atoms in total. The van der Waals surface area contributed by atoms with E-state index in [9.17, 15) is 4.79 Å². The number of hydrogen-bond acceptors (Lipinski definition) is 3. The lowest BCUT2D eigenvalue weighted by atomic mass is 10.1. The van der Waals surface area contributed by atoms with Crippen LogP contribution in [0.5, 0.6) is 0 Å². The third-order valence-corrected chi connectivity index (χ3v) is 2.24. The summed E-state index contributed by atoms with van der Waals surface area (Å²) in [5, 5.41) is 8.95. The first-order valence-corrected chi connectivity index (χ1v) is 3.91. The lowest BCUT2D eigenvalue weighted by Crippen LogP contribution is -1.99. The highest BCUT2D eigenvalue weighted by Gasteiger charge is 2.28. The molecule has 1 aromatic rings. The first-order chi connectivity index (χ1) is 5.83. The lowest BCUT2D eigenvalue weighted by Gasteiger charge is -2.03. The van der Waals surface area contributed by atoms with E-state index in [1.165, 1.54) is 0 Å². The summed E-state index contributed by atoms with van der Waals surface area (Å²) in [6, 6.07) is 1.72. The van der Waals surface area contributed by atoms with E-state index in [0.29, 0.717) is 6.42 Å². The molecule has 0 saturated carbocycles. The number of fused-ring (bicyclic) bond motifs is 1. The van der Waals surface area contributed by atoms with Gasteiger partial charge < -0.3 is 5.11 Å². The Morgan fingerprint density at radius 3 is 3.25 bits per heavy atom. The predicted octanol–water partition coefficient (Wildman–Crippen LogP) is 0.744. The largest absolute Gasteiger partial charge is 0.396 e. The van der Waals surface area contributed by atoms with Crippen LogP contribution >= 0.6 is 0 Å². The van der Waals surface area contributed by atoms with E-state index in [1.54, 1.807) is 18.5 Å². The number of ketones is 1. The summed E-state index contributed by atoms with van der Waals surface area (Å²) >= 11 is 0. The minimum Gasteiger partial charge on any atom is -0.396 e. The summed E-state index contributed by atoms with van der Waals surface area (Å²) in [4.78, 5) is 15.2. The van der Waals surface area contributed by atoms with Gasteiger partial charge in [0.05, 0.1) is 6.61 Å². The van der Waals surface area contributed by atoms with Gasteiger partial charge in [-0.15, -0.1) is 0 Å². The standard InChI is InChI=1S/C9H9NO2/c11-5-6-3-9(12)7-1-2-10-4-8(6)7/h1-2,4,6,11H,3,5H2/t6-/m1/s1. The molecule has 0 bridgehead atoms. The van der Waals surface area contributed by atoms with Gasteiger partial charge in [-0.3, -0.25) is 9.78 Å². The van der Waals surface area contributed by atoms with E-state index in [2.05, 4.69) is 4.98 Å². The van der Waals surface area contributed by atoms with Crippen LogP contribution < -0.4 is 0 Å². The van der Waals surface area contributed by atoms with Crippen LogP contribution in [0.1, 0.15) is 28.3 Å². The van der Waals surface area contributed by atoms with Crippen molar-refractivity contribution in [2.75, 3.05) is 6.61 Å². The molecule has 1 aliphatic carbocycles. The monoisotopic (exact) mass is 163 g/mol. The van der Waals surface area contributed by atoms with Crippen LogP contribution in [0.25, 0.3) is 0 Å². The quantitative estimate of drug-likeness (QED) is 0.664. The van der Waals surface area contributed by atoms with Crippen LogP contribution in [0.2, 0.25) is 0 Å². The van der Waals surface area contributed by atoms with Crippen molar-refractivity contribution < 1.29 is 9.90 Å². The van der Waals surface area contributed by atoms with Crippen molar-refractivity contribution in [1.29, 1.82) is 0 Å². The van der Waals surface area contributed by atoms with Crippen molar-refractivity contribution in [3.63, 3.8) is 0 Å². The number of carbonyl (C=O) groups excluding carboxylic acids is 1. The zero-order valence-electron chi connectivity index (χ0n) is 6.53. The van der Waals surface area contributed by atoms with Gasteiger partial charge in [-0.25, -0.2) is 0 Å². The van der Waals surface area contributed by atoms with Gasteiger partial charge >= 0.3 is 0 Å². The number of rotatable bonds is 1. The molecule has 0 saturated heterocycles. The van der Waals surface area contributed by atoms with E-state index < -0.39 is 0 Å². The van der Waals surface area contributed by atoms with E-state index in [1.807, 2.05) is 0 Å². The summed E-state index contributed by atoms with van der Waals surface area (Å²) in [5.74, 6) is 0.0904. The second-order valence-electron chi connectivity index (χ2n) is 2.97. The summed E-state index contributed by atoms with van der Waals surface area (Å²) in [7, 11) is 0. The van der Waals surface area contributed by atoms with Crippen LogP contribution in [-0.2, 0) is 0 Å². The maximum absolute atomic E-state index is 11.3. The molecular weight excluding hydrogens is 154 g/mol. The number of hydrogen-bond donors (Lipinski definition) is 1. The Kier molecular flexibility index (Phi) is 1.66. The van der Waals surface area contributed by atoms with Gasteiger partial charge in [0, 0.05) is 30.3 Å². The SMILES string of the molecule is O=C1C[C@H](CO)c2cnccc21. The van der Waals surface area contributed by atoms with Gasteiger partial charge in [0.2, 0.25) is 0 Å². The maximum Gasteiger partial charge on any atom is 0.163 e. The molecule has 1 N–H and O–H groups in total. The summed E-state index contributed by atoms with van der Waals surface area (Å²) in [6.07, 6.45) is 3.70. The van der Waals surface area contributed by atoms with Crippen LogP contribution in [0, 0.1) is 0 Å².